The van der Waals surface area contributed by atoms with Crippen LogP contribution in [0.4, 0.5) is 0 Å². The first-order valence-electron chi connectivity index (χ1n) is 7.27. The molecule has 5 heteroatoms. The van der Waals surface area contributed by atoms with Crippen LogP contribution in [0.2, 0.25) is 0 Å². The molecule has 2 atom stereocenters. The summed E-state index contributed by atoms with van der Waals surface area (Å²) in [4.78, 5) is 14.7. The molecule has 1 amide bonds. The van der Waals surface area contributed by atoms with Gasteiger partial charge >= 0.3 is 0 Å². The van der Waals surface area contributed by atoms with E-state index < -0.39 is 5.54 Å². The fraction of sp³-hybridized carbons (Fsp3) is 0.562. The smallest absolute Gasteiger partial charge is 0.244 e. The molecule has 116 valence electrons. The zero-order valence-electron chi connectivity index (χ0n) is 13.2. The number of rotatable bonds is 6. The van der Waals surface area contributed by atoms with Gasteiger partial charge in [-0.3, -0.25) is 10.1 Å². The van der Waals surface area contributed by atoms with E-state index in [1.165, 1.54) is 0 Å². The molecule has 21 heavy (non-hydrogen) atoms. The Hall–Kier alpha value is -1.20. The molecule has 2 rings (SSSR count). The number of thioether (sulfide) groups is 1. The topological polar surface area (TPSA) is 41.6 Å². The number of hydrogen-bond acceptors (Lipinski definition) is 4. The van der Waals surface area contributed by atoms with Gasteiger partial charge in [0.1, 0.15) is 11.9 Å². The van der Waals surface area contributed by atoms with Gasteiger partial charge in [-0.2, -0.15) is 11.8 Å². The summed E-state index contributed by atoms with van der Waals surface area (Å²) in [6.07, 6.45) is 2.76. The Morgan fingerprint density at radius 1 is 1.48 bits per heavy atom. The Labute approximate surface area is 131 Å². The van der Waals surface area contributed by atoms with Crippen molar-refractivity contribution in [3.63, 3.8) is 0 Å². The van der Waals surface area contributed by atoms with Gasteiger partial charge in [-0.1, -0.05) is 19.1 Å². The SMILES string of the molecule is CCC1(C)NC(c2cccc(OC)c2)N(CCSC)C1=O. The molecule has 4 nitrogen and oxygen atoms in total. The number of methoxy groups -OCH3 is 1. The lowest BCUT2D eigenvalue weighted by Crippen LogP contribution is -2.43. The molecule has 1 aliphatic rings. The molecule has 2 unspecified atom stereocenters. The number of carbonyl (C=O) groups excluding carboxylic acids is 1. The number of benzene rings is 1. The molecule has 0 spiro atoms. The van der Waals surface area contributed by atoms with Gasteiger partial charge in [-0.05, 0) is 37.3 Å². The van der Waals surface area contributed by atoms with Crippen LogP contribution >= 0.6 is 11.8 Å². The van der Waals surface area contributed by atoms with E-state index >= 15 is 0 Å². The predicted octanol–water partition coefficient (Wildman–Crippen LogP) is 2.66. The van der Waals surface area contributed by atoms with E-state index in [-0.39, 0.29) is 12.1 Å². The molecular formula is C16H24N2O2S. The van der Waals surface area contributed by atoms with Crippen molar-refractivity contribution >= 4 is 17.7 Å². The second kappa shape index (κ2) is 6.71. The van der Waals surface area contributed by atoms with E-state index in [1.54, 1.807) is 18.9 Å². The van der Waals surface area contributed by atoms with Crippen molar-refractivity contribution in [2.75, 3.05) is 25.7 Å². The molecule has 0 saturated carbocycles. The third-order valence-corrected chi connectivity index (χ3v) is 4.74. The zero-order valence-corrected chi connectivity index (χ0v) is 14.0. The van der Waals surface area contributed by atoms with Gasteiger partial charge in [0, 0.05) is 12.3 Å². The van der Waals surface area contributed by atoms with E-state index in [4.69, 9.17) is 4.74 Å². The Balaban J connectivity index is 2.31. The van der Waals surface area contributed by atoms with Crippen molar-refractivity contribution in [3.05, 3.63) is 29.8 Å². The molecule has 0 aromatic heterocycles. The average Bonchev–Trinajstić information content (AvgIpc) is 2.78. The molecule has 1 saturated heterocycles. The summed E-state index contributed by atoms with van der Waals surface area (Å²) in [5.74, 6) is 1.94. The highest BCUT2D eigenvalue weighted by molar-refractivity contribution is 7.98. The summed E-state index contributed by atoms with van der Waals surface area (Å²) in [7, 11) is 1.66. The van der Waals surface area contributed by atoms with Crippen LogP contribution < -0.4 is 10.1 Å². The van der Waals surface area contributed by atoms with E-state index in [9.17, 15) is 4.79 Å². The first-order valence-corrected chi connectivity index (χ1v) is 8.66. The van der Waals surface area contributed by atoms with Gasteiger partial charge in [0.25, 0.3) is 0 Å². The lowest BCUT2D eigenvalue weighted by atomic mass is 9.99. The van der Waals surface area contributed by atoms with Crippen LogP contribution in [0.5, 0.6) is 5.75 Å². The van der Waals surface area contributed by atoms with Gasteiger partial charge in [0.15, 0.2) is 0 Å². The maximum Gasteiger partial charge on any atom is 0.244 e. The van der Waals surface area contributed by atoms with Gasteiger partial charge in [0.05, 0.1) is 12.6 Å². The van der Waals surface area contributed by atoms with Gasteiger partial charge in [-0.15, -0.1) is 0 Å². The third kappa shape index (κ3) is 3.19. The zero-order chi connectivity index (χ0) is 15.5. The summed E-state index contributed by atoms with van der Waals surface area (Å²) in [6.45, 7) is 4.79. The second-order valence-corrected chi connectivity index (χ2v) is 6.49. The first-order chi connectivity index (χ1) is 10.1. The van der Waals surface area contributed by atoms with E-state index in [2.05, 4.69) is 11.6 Å². The molecule has 1 heterocycles. The van der Waals surface area contributed by atoms with Gasteiger partial charge in [0.2, 0.25) is 5.91 Å². The number of hydrogen-bond donors (Lipinski definition) is 1. The normalized spacial score (nSPS) is 25.4. The summed E-state index contributed by atoms with van der Waals surface area (Å²) in [6, 6.07) is 7.93. The van der Waals surface area contributed by atoms with Gasteiger partial charge in [-0.25, -0.2) is 0 Å². The summed E-state index contributed by atoms with van der Waals surface area (Å²) >= 11 is 1.76. The van der Waals surface area contributed by atoms with Crippen molar-refractivity contribution in [1.82, 2.24) is 10.2 Å². The van der Waals surface area contributed by atoms with Crippen LogP contribution in [-0.2, 0) is 4.79 Å². The van der Waals surface area contributed by atoms with Crippen LogP contribution in [0.1, 0.15) is 32.0 Å². The first kappa shape index (κ1) is 16.2. The maximum absolute atomic E-state index is 12.7. The van der Waals surface area contributed by atoms with E-state index in [1.807, 2.05) is 43.0 Å². The summed E-state index contributed by atoms with van der Waals surface area (Å²) < 4.78 is 5.30. The molecule has 0 bridgehead atoms. The molecule has 1 aromatic carbocycles. The van der Waals surface area contributed by atoms with E-state index in [0.29, 0.717) is 0 Å². The monoisotopic (exact) mass is 308 g/mol. The largest absolute Gasteiger partial charge is 0.497 e. The van der Waals surface area contributed by atoms with Crippen molar-refractivity contribution in [3.8, 4) is 5.75 Å². The Morgan fingerprint density at radius 2 is 2.24 bits per heavy atom. The van der Waals surface area contributed by atoms with Crippen molar-refractivity contribution < 1.29 is 9.53 Å². The fourth-order valence-electron chi connectivity index (χ4n) is 2.62. The summed E-state index contributed by atoms with van der Waals surface area (Å²) in [5, 5.41) is 3.50. The standard InChI is InChI=1S/C16H24N2O2S/c1-5-16(2)15(19)18(9-10-21-4)14(17-16)12-7-6-8-13(11-12)20-3/h6-8,11,14,17H,5,9-10H2,1-4H3. The minimum atomic E-state index is -0.480. The molecule has 1 fully saturated rings. The number of amides is 1. The lowest BCUT2D eigenvalue weighted by molar-refractivity contribution is -0.132. The van der Waals surface area contributed by atoms with E-state index in [0.717, 1.165) is 30.0 Å². The van der Waals surface area contributed by atoms with Gasteiger partial charge < -0.3 is 9.64 Å². The molecule has 1 aliphatic heterocycles. The highest BCUT2D eigenvalue weighted by atomic mass is 32.2. The van der Waals surface area contributed by atoms with Crippen molar-refractivity contribution in [1.29, 1.82) is 0 Å². The lowest BCUT2D eigenvalue weighted by Gasteiger charge is -2.24. The van der Waals surface area contributed by atoms with Crippen molar-refractivity contribution in [2.45, 2.75) is 32.0 Å². The molecule has 0 aliphatic carbocycles. The maximum atomic E-state index is 12.7. The third-order valence-electron chi connectivity index (χ3n) is 4.15. The minimum Gasteiger partial charge on any atom is -0.497 e. The van der Waals surface area contributed by atoms with Crippen LogP contribution in [0, 0.1) is 0 Å². The quantitative estimate of drug-likeness (QED) is 0.877. The highest BCUT2D eigenvalue weighted by Crippen LogP contribution is 2.33. The summed E-state index contributed by atoms with van der Waals surface area (Å²) in [5.41, 5.74) is 0.590. The Kier molecular flexibility index (Phi) is 5.17. The van der Waals surface area contributed by atoms with Crippen molar-refractivity contribution in [2.24, 2.45) is 0 Å². The second-order valence-electron chi connectivity index (χ2n) is 5.50. The average molecular weight is 308 g/mol. The van der Waals surface area contributed by atoms with Crippen LogP contribution in [-0.4, -0.2) is 42.0 Å². The number of nitrogens with one attached hydrogen (secondary N) is 1. The number of carbonyl (C=O) groups is 1. The minimum absolute atomic E-state index is 0.0790. The number of nitrogens with zero attached hydrogens (tertiary/aromatic N) is 1. The van der Waals surface area contributed by atoms with Crippen LogP contribution in [0.3, 0.4) is 0 Å². The van der Waals surface area contributed by atoms with Crippen LogP contribution in [0.15, 0.2) is 24.3 Å². The Morgan fingerprint density at radius 3 is 2.86 bits per heavy atom. The molecule has 1 N–H and O–H groups in total. The predicted molar refractivity (Wildman–Crippen MR) is 87.7 cm³/mol. The highest BCUT2D eigenvalue weighted by Gasteiger charge is 2.46. The Bertz CT molecular complexity index is 509. The van der Waals surface area contributed by atoms with Crippen LogP contribution in [0.25, 0.3) is 0 Å². The molecule has 0 radical (unpaired) electrons. The molecule has 1 aromatic rings. The number of ether oxygens (including phenoxy) is 1. The fourth-order valence-corrected chi connectivity index (χ4v) is 3.00. The molecular weight excluding hydrogens is 284 g/mol.